The SMILES string of the molecule is C[C@@H](NC(=O)c1cc2ccccc2c(Cl)n1)[C@H]1CCCO1. The number of benzene rings is 1. The molecule has 2 atom stereocenters. The Morgan fingerprint density at radius 1 is 1.48 bits per heavy atom. The standard InChI is InChI=1S/C16H17ClN2O2/c1-10(14-7-4-8-21-14)18-16(20)13-9-11-5-2-3-6-12(11)15(17)19-13/h2-3,5-6,9-10,14H,4,7-8H2,1H3,(H,18,20)/t10-,14-/m1/s1. The first-order valence-corrected chi connectivity index (χ1v) is 7.50. The number of hydrogen-bond donors (Lipinski definition) is 1. The third kappa shape index (κ3) is 3.01. The lowest BCUT2D eigenvalue weighted by Crippen LogP contribution is -2.41. The Hall–Kier alpha value is -1.65. The van der Waals surface area contributed by atoms with Crippen LogP contribution in [0.25, 0.3) is 10.8 Å². The lowest BCUT2D eigenvalue weighted by atomic mass is 10.1. The summed E-state index contributed by atoms with van der Waals surface area (Å²) in [5, 5.41) is 5.05. The molecule has 1 aliphatic rings. The predicted octanol–water partition coefficient (Wildman–Crippen LogP) is 3.19. The quantitative estimate of drug-likeness (QED) is 0.886. The number of fused-ring (bicyclic) bond motifs is 1. The van der Waals surface area contributed by atoms with Crippen LogP contribution in [0.1, 0.15) is 30.3 Å². The van der Waals surface area contributed by atoms with Crippen LogP contribution < -0.4 is 5.32 Å². The van der Waals surface area contributed by atoms with Gasteiger partial charge < -0.3 is 10.1 Å². The molecule has 2 heterocycles. The first-order valence-electron chi connectivity index (χ1n) is 7.13. The molecule has 1 amide bonds. The number of carbonyl (C=O) groups excluding carboxylic acids is 1. The van der Waals surface area contributed by atoms with Crippen molar-refractivity contribution in [1.29, 1.82) is 0 Å². The molecule has 1 aromatic heterocycles. The average Bonchev–Trinajstić information content (AvgIpc) is 3.01. The van der Waals surface area contributed by atoms with Gasteiger partial charge in [-0.1, -0.05) is 35.9 Å². The summed E-state index contributed by atoms with van der Waals surface area (Å²) in [5.74, 6) is -0.217. The summed E-state index contributed by atoms with van der Waals surface area (Å²) in [6, 6.07) is 9.35. The molecule has 5 heteroatoms. The molecule has 0 unspecified atom stereocenters. The van der Waals surface area contributed by atoms with Gasteiger partial charge in [-0.15, -0.1) is 0 Å². The van der Waals surface area contributed by atoms with Crippen molar-refractivity contribution in [2.75, 3.05) is 6.61 Å². The average molecular weight is 305 g/mol. The smallest absolute Gasteiger partial charge is 0.270 e. The molecular weight excluding hydrogens is 288 g/mol. The fourth-order valence-electron chi connectivity index (χ4n) is 2.64. The minimum Gasteiger partial charge on any atom is -0.376 e. The van der Waals surface area contributed by atoms with Crippen molar-refractivity contribution in [2.24, 2.45) is 0 Å². The molecule has 0 spiro atoms. The van der Waals surface area contributed by atoms with Crippen LogP contribution in [-0.4, -0.2) is 29.6 Å². The van der Waals surface area contributed by atoms with Gasteiger partial charge in [0.2, 0.25) is 0 Å². The number of amides is 1. The van der Waals surface area contributed by atoms with Gasteiger partial charge in [0.05, 0.1) is 12.1 Å². The summed E-state index contributed by atoms with van der Waals surface area (Å²) in [4.78, 5) is 16.5. The van der Waals surface area contributed by atoms with E-state index in [1.807, 2.05) is 31.2 Å². The zero-order valence-corrected chi connectivity index (χ0v) is 12.6. The van der Waals surface area contributed by atoms with E-state index in [1.165, 1.54) is 0 Å². The largest absolute Gasteiger partial charge is 0.376 e. The molecule has 0 radical (unpaired) electrons. The Balaban J connectivity index is 1.81. The van der Waals surface area contributed by atoms with Gasteiger partial charge in [0.1, 0.15) is 10.8 Å². The number of nitrogens with one attached hydrogen (secondary N) is 1. The van der Waals surface area contributed by atoms with Crippen molar-refractivity contribution in [3.05, 3.63) is 41.2 Å². The highest BCUT2D eigenvalue weighted by atomic mass is 35.5. The van der Waals surface area contributed by atoms with E-state index >= 15 is 0 Å². The lowest BCUT2D eigenvalue weighted by molar-refractivity contribution is 0.0709. The zero-order chi connectivity index (χ0) is 14.8. The molecule has 0 aliphatic carbocycles. The minimum absolute atomic E-state index is 0.0351. The zero-order valence-electron chi connectivity index (χ0n) is 11.8. The third-order valence-corrected chi connectivity index (χ3v) is 4.10. The van der Waals surface area contributed by atoms with Crippen molar-refractivity contribution in [3.63, 3.8) is 0 Å². The van der Waals surface area contributed by atoms with Crippen LogP contribution in [0.15, 0.2) is 30.3 Å². The monoisotopic (exact) mass is 304 g/mol. The van der Waals surface area contributed by atoms with E-state index in [2.05, 4.69) is 10.3 Å². The van der Waals surface area contributed by atoms with Crippen molar-refractivity contribution >= 4 is 28.3 Å². The van der Waals surface area contributed by atoms with Crippen LogP contribution in [0, 0.1) is 0 Å². The highest BCUT2D eigenvalue weighted by Crippen LogP contribution is 2.22. The van der Waals surface area contributed by atoms with E-state index in [0.717, 1.165) is 30.2 Å². The highest BCUT2D eigenvalue weighted by molar-refractivity contribution is 6.34. The number of nitrogens with zero attached hydrogens (tertiary/aromatic N) is 1. The van der Waals surface area contributed by atoms with E-state index in [1.54, 1.807) is 6.07 Å². The maximum atomic E-state index is 12.3. The topological polar surface area (TPSA) is 51.2 Å². The number of carbonyl (C=O) groups is 1. The van der Waals surface area contributed by atoms with Crippen LogP contribution in [0.4, 0.5) is 0 Å². The normalized spacial score (nSPS) is 19.6. The van der Waals surface area contributed by atoms with Crippen molar-refractivity contribution in [1.82, 2.24) is 10.3 Å². The van der Waals surface area contributed by atoms with Crippen LogP contribution in [-0.2, 0) is 4.74 Å². The molecule has 1 N–H and O–H groups in total. The van der Waals surface area contributed by atoms with Gasteiger partial charge in [0, 0.05) is 12.0 Å². The molecule has 1 aromatic carbocycles. The van der Waals surface area contributed by atoms with Gasteiger partial charge in [0.15, 0.2) is 0 Å². The van der Waals surface area contributed by atoms with E-state index in [4.69, 9.17) is 16.3 Å². The van der Waals surface area contributed by atoms with Gasteiger partial charge >= 0.3 is 0 Å². The summed E-state index contributed by atoms with van der Waals surface area (Å²) >= 11 is 6.15. The number of halogens is 1. The minimum atomic E-state index is -0.217. The predicted molar refractivity (Wildman–Crippen MR) is 82.7 cm³/mol. The van der Waals surface area contributed by atoms with Gasteiger partial charge in [0.25, 0.3) is 5.91 Å². The van der Waals surface area contributed by atoms with Crippen molar-refractivity contribution in [2.45, 2.75) is 31.9 Å². The number of aromatic nitrogens is 1. The van der Waals surface area contributed by atoms with Gasteiger partial charge in [-0.05, 0) is 31.2 Å². The fraction of sp³-hybridized carbons (Fsp3) is 0.375. The molecule has 4 nitrogen and oxygen atoms in total. The van der Waals surface area contributed by atoms with E-state index < -0.39 is 0 Å². The Kier molecular flexibility index (Phi) is 4.08. The third-order valence-electron chi connectivity index (χ3n) is 3.81. The molecule has 0 bridgehead atoms. The lowest BCUT2D eigenvalue weighted by Gasteiger charge is -2.19. The summed E-state index contributed by atoms with van der Waals surface area (Å²) in [6.07, 6.45) is 2.11. The Morgan fingerprint density at radius 2 is 2.29 bits per heavy atom. The van der Waals surface area contributed by atoms with Gasteiger partial charge in [-0.2, -0.15) is 0 Å². The van der Waals surface area contributed by atoms with Crippen LogP contribution >= 0.6 is 11.6 Å². The summed E-state index contributed by atoms with van der Waals surface area (Å²) in [6.45, 7) is 2.72. The van der Waals surface area contributed by atoms with Crippen molar-refractivity contribution in [3.8, 4) is 0 Å². The summed E-state index contributed by atoms with van der Waals surface area (Å²) < 4.78 is 5.58. The van der Waals surface area contributed by atoms with Gasteiger partial charge in [-0.25, -0.2) is 4.98 Å². The van der Waals surface area contributed by atoms with E-state index in [-0.39, 0.29) is 18.1 Å². The molecule has 0 saturated carbocycles. The van der Waals surface area contributed by atoms with Crippen molar-refractivity contribution < 1.29 is 9.53 Å². The van der Waals surface area contributed by atoms with E-state index in [0.29, 0.717) is 10.8 Å². The first-order chi connectivity index (χ1) is 10.1. The number of pyridine rings is 1. The molecule has 1 fully saturated rings. The molecule has 3 rings (SSSR count). The number of ether oxygens (including phenoxy) is 1. The second-order valence-corrected chi connectivity index (χ2v) is 5.69. The Morgan fingerprint density at radius 3 is 3.05 bits per heavy atom. The highest BCUT2D eigenvalue weighted by Gasteiger charge is 2.24. The van der Waals surface area contributed by atoms with E-state index in [9.17, 15) is 4.79 Å². The molecular formula is C16H17ClN2O2. The molecule has 1 aliphatic heterocycles. The Labute approximate surface area is 128 Å². The molecule has 2 aromatic rings. The van der Waals surface area contributed by atoms with Crippen LogP contribution in [0.3, 0.4) is 0 Å². The van der Waals surface area contributed by atoms with Gasteiger partial charge in [-0.3, -0.25) is 4.79 Å². The maximum absolute atomic E-state index is 12.3. The first kappa shape index (κ1) is 14.3. The maximum Gasteiger partial charge on any atom is 0.270 e. The number of hydrogen-bond acceptors (Lipinski definition) is 3. The second-order valence-electron chi connectivity index (χ2n) is 5.33. The van der Waals surface area contributed by atoms with Crippen LogP contribution in [0.2, 0.25) is 5.15 Å². The summed E-state index contributed by atoms with van der Waals surface area (Å²) in [7, 11) is 0. The Bertz CT molecular complexity index is 668. The summed E-state index contributed by atoms with van der Waals surface area (Å²) in [5.41, 5.74) is 0.337. The fourth-order valence-corrected chi connectivity index (χ4v) is 2.91. The second kappa shape index (κ2) is 6.00. The molecule has 110 valence electrons. The van der Waals surface area contributed by atoms with Crippen LogP contribution in [0.5, 0.6) is 0 Å². The molecule has 21 heavy (non-hydrogen) atoms. The molecule has 1 saturated heterocycles. The number of rotatable bonds is 3.